The molecular formula is C11H11Cl2NO4. The summed E-state index contributed by atoms with van der Waals surface area (Å²) in [5.74, 6) is -0.984. The number of nitrogens with one attached hydrogen (secondary N) is 1. The topological polar surface area (TPSA) is 64.6 Å². The second kappa shape index (κ2) is 6.47. The number of halogens is 2. The summed E-state index contributed by atoms with van der Waals surface area (Å²) in [5, 5.41) is 2.60. The summed E-state index contributed by atoms with van der Waals surface area (Å²) in [4.78, 5) is 22.9. The van der Waals surface area contributed by atoms with Crippen LogP contribution in [0.5, 0.6) is 5.75 Å². The van der Waals surface area contributed by atoms with Gasteiger partial charge >= 0.3 is 5.97 Å². The van der Waals surface area contributed by atoms with Crippen molar-refractivity contribution in [3.05, 3.63) is 22.7 Å². The summed E-state index contributed by atoms with van der Waals surface area (Å²) < 4.78 is 9.59. The Bertz CT molecular complexity index is 476. The van der Waals surface area contributed by atoms with Gasteiger partial charge in [-0.1, -0.05) is 11.6 Å². The number of hydrogen-bond acceptors (Lipinski definition) is 4. The lowest BCUT2D eigenvalue weighted by Crippen LogP contribution is -2.16. The third kappa shape index (κ3) is 3.27. The van der Waals surface area contributed by atoms with Crippen LogP contribution in [-0.2, 0) is 9.53 Å². The highest BCUT2D eigenvalue weighted by atomic mass is 35.5. The van der Waals surface area contributed by atoms with Gasteiger partial charge in [0, 0.05) is 6.07 Å². The molecule has 0 bridgehead atoms. The highest BCUT2D eigenvalue weighted by Crippen LogP contribution is 2.31. The van der Waals surface area contributed by atoms with E-state index in [9.17, 15) is 9.59 Å². The Kier molecular flexibility index (Phi) is 5.25. The van der Waals surface area contributed by atoms with Gasteiger partial charge in [-0.3, -0.25) is 4.79 Å². The first-order valence-electron chi connectivity index (χ1n) is 4.85. The quantitative estimate of drug-likeness (QED) is 0.683. The van der Waals surface area contributed by atoms with Crippen LogP contribution in [0.3, 0.4) is 0 Å². The van der Waals surface area contributed by atoms with Gasteiger partial charge in [-0.15, -0.1) is 11.6 Å². The average molecular weight is 292 g/mol. The molecule has 1 aromatic rings. The Balaban J connectivity index is 3.28. The van der Waals surface area contributed by atoms with E-state index in [4.69, 9.17) is 27.9 Å². The van der Waals surface area contributed by atoms with E-state index >= 15 is 0 Å². The second-order valence-electron chi connectivity index (χ2n) is 3.21. The van der Waals surface area contributed by atoms with Crippen LogP contribution in [0.25, 0.3) is 0 Å². The maximum atomic E-state index is 11.6. The Morgan fingerprint density at radius 1 is 1.33 bits per heavy atom. The van der Waals surface area contributed by atoms with Crippen LogP contribution in [0.1, 0.15) is 10.4 Å². The zero-order valence-corrected chi connectivity index (χ0v) is 11.3. The maximum absolute atomic E-state index is 11.6. The molecule has 0 heterocycles. The molecule has 1 rings (SSSR count). The standard InChI is InChI=1S/C11H11Cl2NO4/c1-17-6-3-7(11(16)18-2)10(8(13)4-6)14-9(15)5-12/h3-4H,5H2,1-2H3,(H,14,15). The lowest BCUT2D eigenvalue weighted by molar-refractivity contribution is -0.113. The highest BCUT2D eigenvalue weighted by molar-refractivity contribution is 6.36. The molecule has 98 valence electrons. The van der Waals surface area contributed by atoms with Gasteiger partial charge in [0.2, 0.25) is 5.91 Å². The summed E-state index contributed by atoms with van der Waals surface area (Å²) in [7, 11) is 2.66. The number of carbonyl (C=O) groups is 2. The molecule has 0 radical (unpaired) electrons. The fourth-order valence-electron chi connectivity index (χ4n) is 1.27. The molecule has 0 aliphatic rings. The van der Waals surface area contributed by atoms with Crippen molar-refractivity contribution >= 4 is 40.8 Å². The minimum atomic E-state index is -0.638. The number of amides is 1. The van der Waals surface area contributed by atoms with Crippen molar-refractivity contribution in [2.24, 2.45) is 0 Å². The van der Waals surface area contributed by atoms with E-state index in [-0.39, 0.29) is 22.2 Å². The van der Waals surface area contributed by atoms with Crippen molar-refractivity contribution < 1.29 is 19.1 Å². The molecule has 0 fully saturated rings. The van der Waals surface area contributed by atoms with Crippen molar-refractivity contribution in [3.8, 4) is 5.75 Å². The van der Waals surface area contributed by atoms with Gasteiger partial charge in [0.1, 0.15) is 11.6 Å². The molecule has 18 heavy (non-hydrogen) atoms. The maximum Gasteiger partial charge on any atom is 0.340 e. The summed E-state index contributed by atoms with van der Waals surface area (Å²) in [6.07, 6.45) is 0. The fraction of sp³-hybridized carbons (Fsp3) is 0.273. The van der Waals surface area contributed by atoms with Crippen molar-refractivity contribution in [1.82, 2.24) is 0 Å². The van der Waals surface area contributed by atoms with E-state index in [0.717, 1.165) is 0 Å². The minimum absolute atomic E-state index is 0.0975. The predicted octanol–water partition coefficient (Wildman–Crippen LogP) is 2.31. The first kappa shape index (κ1) is 14.6. The molecule has 0 aliphatic heterocycles. The molecule has 0 aliphatic carbocycles. The fourth-order valence-corrected chi connectivity index (χ4v) is 1.59. The molecule has 1 amide bonds. The molecule has 0 unspecified atom stereocenters. The van der Waals surface area contributed by atoms with Gasteiger partial charge in [0.05, 0.1) is 30.5 Å². The minimum Gasteiger partial charge on any atom is -0.497 e. The Hall–Kier alpha value is -1.46. The second-order valence-corrected chi connectivity index (χ2v) is 3.88. The van der Waals surface area contributed by atoms with Crippen LogP contribution < -0.4 is 10.1 Å². The number of benzene rings is 1. The van der Waals surface area contributed by atoms with Gasteiger partial charge in [-0.25, -0.2) is 4.79 Å². The molecule has 0 spiro atoms. The zero-order valence-electron chi connectivity index (χ0n) is 9.75. The normalized spacial score (nSPS) is 9.78. The molecule has 1 aromatic carbocycles. The number of carbonyl (C=O) groups excluding carboxylic acids is 2. The number of anilines is 1. The van der Waals surface area contributed by atoms with E-state index in [1.165, 1.54) is 26.4 Å². The number of ether oxygens (including phenoxy) is 2. The van der Waals surface area contributed by atoms with Crippen LogP contribution >= 0.6 is 23.2 Å². The lowest BCUT2D eigenvalue weighted by atomic mass is 10.1. The first-order chi connectivity index (χ1) is 8.53. The van der Waals surface area contributed by atoms with E-state index in [2.05, 4.69) is 10.1 Å². The monoisotopic (exact) mass is 291 g/mol. The Labute approximate surface area is 114 Å². The number of rotatable bonds is 4. The van der Waals surface area contributed by atoms with Crippen molar-refractivity contribution in [2.45, 2.75) is 0 Å². The van der Waals surface area contributed by atoms with Crippen LogP contribution in [-0.4, -0.2) is 32.0 Å². The summed E-state index contributed by atoms with van der Waals surface area (Å²) in [5.41, 5.74) is 0.246. The molecule has 5 nitrogen and oxygen atoms in total. The van der Waals surface area contributed by atoms with Crippen LogP contribution in [0.4, 0.5) is 5.69 Å². The predicted molar refractivity (Wildman–Crippen MR) is 68.7 cm³/mol. The number of esters is 1. The van der Waals surface area contributed by atoms with Crippen molar-refractivity contribution in [1.29, 1.82) is 0 Å². The Morgan fingerprint density at radius 2 is 2.00 bits per heavy atom. The smallest absolute Gasteiger partial charge is 0.340 e. The number of hydrogen-bond donors (Lipinski definition) is 1. The average Bonchev–Trinajstić information content (AvgIpc) is 2.39. The third-order valence-corrected chi connectivity index (χ3v) is 2.63. The lowest BCUT2D eigenvalue weighted by Gasteiger charge is -2.12. The molecular weight excluding hydrogens is 281 g/mol. The molecule has 0 aromatic heterocycles. The van der Waals surface area contributed by atoms with Crippen molar-refractivity contribution in [3.63, 3.8) is 0 Å². The van der Waals surface area contributed by atoms with Gasteiger partial charge in [-0.05, 0) is 6.07 Å². The van der Waals surface area contributed by atoms with Crippen LogP contribution in [0, 0.1) is 0 Å². The van der Waals surface area contributed by atoms with Crippen LogP contribution in [0.2, 0.25) is 5.02 Å². The van der Waals surface area contributed by atoms with E-state index < -0.39 is 11.9 Å². The van der Waals surface area contributed by atoms with Crippen molar-refractivity contribution in [2.75, 3.05) is 25.4 Å². The summed E-state index contributed by atoms with van der Waals surface area (Å²) in [6, 6.07) is 2.89. The first-order valence-corrected chi connectivity index (χ1v) is 5.76. The van der Waals surface area contributed by atoms with Gasteiger partial charge in [0.25, 0.3) is 0 Å². The molecule has 0 saturated heterocycles. The SMILES string of the molecule is COC(=O)c1cc(OC)cc(Cl)c1NC(=O)CCl. The molecule has 0 saturated carbocycles. The van der Waals surface area contributed by atoms with E-state index in [0.29, 0.717) is 5.75 Å². The number of methoxy groups -OCH3 is 2. The Morgan fingerprint density at radius 3 is 2.50 bits per heavy atom. The molecule has 1 N–H and O–H groups in total. The van der Waals surface area contributed by atoms with Gasteiger partial charge in [0.15, 0.2) is 0 Å². The summed E-state index contributed by atoms with van der Waals surface area (Å²) in [6.45, 7) is 0. The third-order valence-electron chi connectivity index (χ3n) is 2.09. The zero-order chi connectivity index (χ0) is 13.7. The van der Waals surface area contributed by atoms with Gasteiger partial charge < -0.3 is 14.8 Å². The summed E-state index contributed by atoms with van der Waals surface area (Å²) >= 11 is 11.4. The molecule has 7 heteroatoms. The van der Waals surface area contributed by atoms with Gasteiger partial charge in [-0.2, -0.15) is 0 Å². The highest BCUT2D eigenvalue weighted by Gasteiger charge is 2.18. The largest absolute Gasteiger partial charge is 0.497 e. The van der Waals surface area contributed by atoms with E-state index in [1.807, 2.05) is 0 Å². The number of alkyl halides is 1. The molecule has 0 atom stereocenters. The van der Waals surface area contributed by atoms with E-state index in [1.54, 1.807) is 0 Å². The van der Waals surface area contributed by atoms with Crippen LogP contribution in [0.15, 0.2) is 12.1 Å².